The molecule has 1 fully saturated rings. The van der Waals surface area contributed by atoms with Crippen molar-refractivity contribution >= 4 is 5.97 Å². The Morgan fingerprint density at radius 3 is 2.82 bits per heavy atom. The van der Waals surface area contributed by atoms with Gasteiger partial charge in [-0.15, -0.1) is 0 Å². The second-order valence-electron chi connectivity index (χ2n) is 5.19. The molecule has 0 bridgehead atoms. The van der Waals surface area contributed by atoms with Gasteiger partial charge in [0.15, 0.2) is 0 Å². The van der Waals surface area contributed by atoms with Crippen LogP contribution in [0.15, 0.2) is 0 Å². The lowest BCUT2D eigenvalue weighted by molar-refractivity contribution is -0.148. The van der Waals surface area contributed by atoms with Crippen molar-refractivity contribution in [1.82, 2.24) is 4.90 Å². The third-order valence-corrected chi connectivity index (χ3v) is 3.93. The fourth-order valence-electron chi connectivity index (χ4n) is 2.72. The Balaban J connectivity index is 2.56. The lowest BCUT2D eigenvalue weighted by Gasteiger charge is -2.27. The highest BCUT2D eigenvalue weighted by molar-refractivity contribution is 5.75. The van der Waals surface area contributed by atoms with Crippen LogP contribution in [-0.2, 0) is 9.53 Å². The Morgan fingerprint density at radius 2 is 2.29 bits per heavy atom. The maximum Gasteiger partial charge on any atom is 0.310 e. The van der Waals surface area contributed by atoms with Crippen LogP contribution in [0.5, 0.6) is 0 Å². The second-order valence-corrected chi connectivity index (χ2v) is 5.19. The molecule has 0 spiro atoms. The van der Waals surface area contributed by atoms with Gasteiger partial charge in [-0.25, -0.2) is 0 Å². The van der Waals surface area contributed by atoms with E-state index in [1.165, 1.54) is 0 Å². The molecule has 0 saturated carbocycles. The van der Waals surface area contributed by atoms with Crippen LogP contribution in [0, 0.1) is 5.41 Å². The molecule has 0 radical (unpaired) electrons. The summed E-state index contributed by atoms with van der Waals surface area (Å²) in [6, 6.07) is 0.410. The molecule has 0 aliphatic carbocycles. The van der Waals surface area contributed by atoms with E-state index in [4.69, 9.17) is 4.74 Å². The SMILES string of the molecule is CCCC1(C(=O)O)CCN(C(C)CCOC)C1. The van der Waals surface area contributed by atoms with E-state index < -0.39 is 11.4 Å². The summed E-state index contributed by atoms with van der Waals surface area (Å²) >= 11 is 0. The summed E-state index contributed by atoms with van der Waals surface area (Å²) in [6.07, 6.45) is 3.48. The number of likely N-dealkylation sites (tertiary alicyclic amines) is 1. The molecule has 1 aliphatic heterocycles. The first-order valence-electron chi connectivity index (χ1n) is 6.52. The Kier molecular flexibility index (Phi) is 5.40. The molecule has 0 aromatic heterocycles. The topological polar surface area (TPSA) is 49.8 Å². The Bertz CT molecular complexity index is 257. The summed E-state index contributed by atoms with van der Waals surface area (Å²) in [5.41, 5.74) is -0.504. The summed E-state index contributed by atoms with van der Waals surface area (Å²) in [5, 5.41) is 9.42. The van der Waals surface area contributed by atoms with Crippen LogP contribution >= 0.6 is 0 Å². The van der Waals surface area contributed by atoms with Gasteiger partial charge < -0.3 is 9.84 Å². The molecule has 0 amide bonds. The lowest BCUT2D eigenvalue weighted by atomic mass is 9.83. The van der Waals surface area contributed by atoms with Crippen LogP contribution in [0.1, 0.15) is 39.5 Å². The molecule has 100 valence electrons. The number of hydrogen-bond donors (Lipinski definition) is 1. The zero-order chi connectivity index (χ0) is 12.9. The molecule has 1 N–H and O–H groups in total. The minimum Gasteiger partial charge on any atom is -0.481 e. The summed E-state index contributed by atoms with van der Waals surface area (Å²) < 4.78 is 5.08. The van der Waals surface area contributed by atoms with Gasteiger partial charge in [0, 0.05) is 26.3 Å². The highest BCUT2D eigenvalue weighted by Crippen LogP contribution is 2.36. The number of nitrogens with zero attached hydrogens (tertiary/aromatic N) is 1. The zero-order valence-corrected chi connectivity index (χ0v) is 11.2. The lowest BCUT2D eigenvalue weighted by Crippen LogP contribution is -2.38. The average Bonchev–Trinajstić information content (AvgIpc) is 2.72. The number of methoxy groups -OCH3 is 1. The van der Waals surface area contributed by atoms with Crippen LogP contribution in [0.3, 0.4) is 0 Å². The molecule has 4 nitrogen and oxygen atoms in total. The van der Waals surface area contributed by atoms with Crippen LogP contribution in [-0.4, -0.2) is 48.8 Å². The van der Waals surface area contributed by atoms with Crippen molar-refractivity contribution in [3.05, 3.63) is 0 Å². The van der Waals surface area contributed by atoms with Crippen molar-refractivity contribution in [3.63, 3.8) is 0 Å². The number of carbonyl (C=O) groups is 1. The van der Waals surface area contributed by atoms with Crippen LogP contribution < -0.4 is 0 Å². The largest absolute Gasteiger partial charge is 0.481 e. The van der Waals surface area contributed by atoms with Crippen molar-refractivity contribution in [2.45, 2.75) is 45.6 Å². The molecule has 1 aliphatic rings. The normalized spacial score (nSPS) is 27.2. The number of hydrogen-bond acceptors (Lipinski definition) is 3. The molecular weight excluding hydrogens is 218 g/mol. The average molecular weight is 243 g/mol. The van der Waals surface area contributed by atoms with Gasteiger partial charge in [0.2, 0.25) is 0 Å². The monoisotopic (exact) mass is 243 g/mol. The van der Waals surface area contributed by atoms with Crippen LogP contribution in [0.2, 0.25) is 0 Å². The number of carboxylic acid groups (broad SMARTS) is 1. The summed E-state index contributed by atoms with van der Waals surface area (Å²) in [7, 11) is 1.70. The van der Waals surface area contributed by atoms with Crippen molar-refractivity contribution in [2.75, 3.05) is 26.8 Å². The van der Waals surface area contributed by atoms with Crippen LogP contribution in [0.25, 0.3) is 0 Å². The molecule has 1 rings (SSSR count). The van der Waals surface area contributed by atoms with E-state index in [1.54, 1.807) is 7.11 Å². The fourth-order valence-corrected chi connectivity index (χ4v) is 2.72. The highest BCUT2D eigenvalue weighted by Gasteiger charge is 2.44. The third kappa shape index (κ3) is 3.42. The maximum absolute atomic E-state index is 11.4. The molecule has 2 unspecified atom stereocenters. The molecule has 2 atom stereocenters. The molecule has 0 aromatic carbocycles. The van der Waals surface area contributed by atoms with E-state index in [0.29, 0.717) is 12.6 Å². The quantitative estimate of drug-likeness (QED) is 0.743. The summed E-state index contributed by atoms with van der Waals surface area (Å²) in [6.45, 7) is 6.55. The van der Waals surface area contributed by atoms with Gasteiger partial charge in [-0.2, -0.15) is 0 Å². The van der Waals surface area contributed by atoms with E-state index in [1.807, 2.05) is 0 Å². The van der Waals surface area contributed by atoms with Gasteiger partial charge in [0.25, 0.3) is 0 Å². The Labute approximate surface area is 104 Å². The molecule has 1 heterocycles. The van der Waals surface area contributed by atoms with E-state index >= 15 is 0 Å². The predicted octanol–water partition coefficient (Wildman–Crippen LogP) is 1.99. The van der Waals surface area contributed by atoms with Gasteiger partial charge in [0.05, 0.1) is 5.41 Å². The third-order valence-electron chi connectivity index (χ3n) is 3.93. The minimum absolute atomic E-state index is 0.410. The van der Waals surface area contributed by atoms with E-state index in [-0.39, 0.29) is 0 Å². The molecule has 1 saturated heterocycles. The predicted molar refractivity (Wildman–Crippen MR) is 67.1 cm³/mol. The number of carboxylic acids is 1. The van der Waals surface area contributed by atoms with Crippen molar-refractivity contribution in [2.24, 2.45) is 5.41 Å². The zero-order valence-electron chi connectivity index (χ0n) is 11.2. The van der Waals surface area contributed by atoms with Gasteiger partial charge >= 0.3 is 5.97 Å². The standard InChI is InChI=1S/C13H25NO3/c1-4-6-13(12(15)16)7-8-14(10-13)11(2)5-9-17-3/h11H,4-10H2,1-3H3,(H,15,16). The molecular formula is C13H25NO3. The maximum atomic E-state index is 11.4. The van der Waals surface area contributed by atoms with Gasteiger partial charge in [-0.3, -0.25) is 9.69 Å². The van der Waals surface area contributed by atoms with Gasteiger partial charge in [-0.1, -0.05) is 13.3 Å². The van der Waals surface area contributed by atoms with Crippen molar-refractivity contribution in [1.29, 1.82) is 0 Å². The van der Waals surface area contributed by atoms with E-state index in [0.717, 1.165) is 38.8 Å². The van der Waals surface area contributed by atoms with Crippen molar-refractivity contribution < 1.29 is 14.6 Å². The molecule has 17 heavy (non-hydrogen) atoms. The fraction of sp³-hybridized carbons (Fsp3) is 0.923. The first kappa shape index (κ1) is 14.5. The van der Waals surface area contributed by atoms with Crippen molar-refractivity contribution in [3.8, 4) is 0 Å². The highest BCUT2D eigenvalue weighted by atomic mass is 16.5. The van der Waals surface area contributed by atoms with Gasteiger partial charge in [0.1, 0.15) is 0 Å². The smallest absolute Gasteiger partial charge is 0.310 e. The van der Waals surface area contributed by atoms with E-state index in [9.17, 15) is 9.90 Å². The first-order valence-corrected chi connectivity index (χ1v) is 6.52. The number of rotatable bonds is 7. The summed E-state index contributed by atoms with van der Waals surface area (Å²) in [4.78, 5) is 13.7. The molecule has 4 heteroatoms. The first-order chi connectivity index (χ1) is 8.05. The van der Waals surface area contributed by atoms with Gasteiger partial charge in [-0.05, 0) is 32.7 Å². The molecule has 0 aromatic rings. The number of aliphatic carboxylic acids is 1. The van der Waals surface area contributed by atoms with Crippen LogP contribution in [0.4, 0.5) is 0 Å². The number of ether oxygens (including phenoxy) is 1. The van der Waals surface area contributed by atoms with E-state index in [2.05, 4.69) is 18.7 Å². The Hall–Kier alpha value is -0.610. The minimum atomic E-state index is -0.624. The summed E-state index contributed by atoms with van der Waals surface area (Å²) in [5.74, 6) is -0.624. The Morgan fingerprint density at radius 1 is 1.59 bits per heavy atom. The second kappa shape index (κ2) is 6.36.